The second-order valence-electron chi connectivity index (χ2n) is 9.96. The molecule has 0 aliphatic carbocycles. The van der Waals surface area contributed by atoms with Gasteiger partial charge in [-0.3, -0.25) is 14.6 Å². The standard InChI is InChI=1S/C29H30N4O3/c1-29-19-25(24-12-5-6-13-26(24)36-29)30-28(35)33(29)23-11-7-10-22(18-23)27(34)32-16-14-31(15-17-32)20-21-8-3-2-4-9-21/h2-13,18,25H,14-17,19-20H2,1H3,(H,30,35)/t25-,29-/m0/s1. The molecule has 2 fully saturated rings. The third-order valence-corrected chi connectivity index (χ3v) is 7.44. The first-order valence-corrected chi connectivity index (χ1v) is 12.5. The summed E-state index contributed by atoms with van der Waals surface area (Å²) in [5.74, 6) is 0.772. The van der Waals surface area contributed by atoms with Gasteiger partial charge >= 0.3 is 6.03 Å². The zero-order chi connectivity index (χ0) is 24.7. The molecule has 0 saturated carbocycles. The molecule has 3 heterocycles. The number of ether oxygens (including phenoxy) is 1. The number of nitrogens with zero attached hydrogens (tertiary/aromatic N) is 3. The number of benzene rings is 3. The number of amides is 3. The summed E-state index contributed by atoms with van der Waals surface area (Å²) in [6.07, 6.45) is 0.622. The van der Waals surface area contributed by atoms with Crippen molar-refractivity contribution in [3.63, 3.8) is 0 Å². The number of carbonyl (C=O) groups excluding carboxylic acids is 2. The topological polar surface area (TPSA) is 65.1 Å². The van der Waals surface area contributed by atoms with E-state index < -0.39 is 5.72 Å². The summed E-state index contributed by atoms with van der Waals surface area (Å²) in [6, 6.07) is 25.3. The van der Waals surface area contributed by atoms with Gasteiger partial charge in [0.1, 0.15) is 5.75 Å². The van der Waals surface area contributed by atoms with Crippen molar-refractivity contribution in [1.29, 1.82) is 0 Å². The lowest BCUT2D eigenvalue weighted by Gasteiger charge is -2.50. The Morgan fingerprint density at radius 1 is 0.972 bits per heavy atom. The van der Waals surface area contributed by atoms with E-state index in [0.717, 1.165) is 30.9 Å². The second-order valence-corrected chi connectivity index (χ2v) is 9.96. The number of carbonyl (C=O) groups is 2. The Kier molecular flexibility index (Phi) is 5.64. The summed E-state index contributed by atoms with van der Waals surface area (Å²) in [4.78, 5) is 32.6. The van der Waals surface area contributed by atoms with E-state index in [0.29, 0.717) is 30.8 Å². The van der Waals surface area contributed by atoms with Gasteiger partial charge in [0.25, 0.3) is 5.91 Å². The van der Waals surface area contributed by atoms with Crippen LogP contribution in [0.2, 0.25) is 0 Å². The predicted octanol–water partition coefficient (Wildman–Crippen LogP) is 4.41. The van der Waals surface area contributed by atoms with Gasteiger partial charge in [0.05, 0.1) is 11.7 Å². The van der Waals surface area contributed by atoms with Gasteiger partial charge in [-0.1, -0.05) is 54.6 Å². The van der Waals surface area contributed by atoms with Gasteiger partial charge in [0.15, 0.2) is 5.72 Å². The first-order valence-electron chi connectivity index (χ1n) is 12.5. The van der Waals surface area contributed by atoms with Crippen LogP contribution in [0.3, 0.4) is 0 Å². The van der Waals surface area contributed by atoms with E-state index in [4.69, 9.17) is 4.74 Å². The van der Waals surface area contributed by atoms with Gasteiger partial charge in [0.2, 0.25) is 0 Å². The van der Waals surface area contributed by atoms with E-state index in [1.54, 1.807) is 4.90 Å². The summed E-state index contributed by atoms with van der Waals surface area (Å²) < 4.78 is 6.37. The maximum absolute atomic E-state index is 13.4. The molecule has 3 aliphatic heterocycles. The van der Waals surface area contributed by atoms with E-state index in [-0.39, 0.29) is 18.0 Å². The first-order chi connectivity index (χ1) is 17.5. The largest absolute Gasteiger partial charge is 0.467 e. The molecule has 184 valence electrons. The Hall–Kier alpha value is -3.84. The van der Waals surface area contributed by atoms with Gasteiger partial charge in [-0.2, -0.15) is 0 Å². The summed E-state index contributed by atoms with van der Waals surface area (Å²) >= 11 is 0. The van der Waals surface area contributed by atoms with Crippen LogP contribution in [0.4, 0.5) is 10.5 Å². The number of nitrogens with one attached hydrogen (secondary N) is 1. The van der Waals surface area contributed by atoms with Gasteiger partial charge in [-0.05, 0) is 36.8 Å². The van der Waals surface area contributed by atoms with E-state index >= 15 is 0 Å². The molecule has 0 spiro atoms. The monoisotopic (exact) mass is 482 g/mol. The van der Waals surface area contributed by atoms with Crippen LogP contribution < -0.4 is 15.0 Å². The van der Waals surface area contributed by atoms with E-state index in [1.807, 2.05) is 66.4 Å². The fourth-order valence-corrected chi connectivity index (χ4v) is 5.62. The van der Waals surface area contributed by atoms with E-state index in [9.17, 15) is 9.59 Å². The van der Waals surface area contributed by atoms with Gasteiger partial charge < -0.3 is 15.0 Å². The molecule has 2 atom stereocenters. The quantitative estimate of drug-likeness (QED) is 0.598. The van der Waals surface area contributed by atoms with Crippen LogP contribution >= 0.6 is 0 Å². The number of para-hydroxylation sites is 1. The number of anilines is 1. The average Bonchev–Trinajstić information content (AvgIpc) is 2.89. The Balaban J connectivity index is 1.18. The molecule has 2 saturated heterocycles. The van der Waals surface area contributed by atoms with Crippen molar-refractivity contribution in [3.05, 3.63) is 95.6 Å². The highest BCUT2D eigenvalue weighted by molar-refractivity contribution is 5.99. The third kappa shape index (κ3) is 4.09. The number of hydrogen-bond donors (Lipinski definition) is 1. The predicted molar refractivity (Wildman–Crippen MR) is 138 cm³/mol. The molecule has 0 aromatic heterocycles. The average molecular weight is 483 g/mol. The fraction of sp³-hybridized carbons (Fsp3) is 0.310. The second kappa shape index (κ2) is 8.99. The number of urea groups is 1. The van der Waals surface area contributed by atoms with Crippen LogP contribution in [0.15, 0.2) is 78.9 Å². The van der Waals surface area contributed by atoms with Crippen molar-refractivity contribution in [2.75, 3.05) is 31.1 Å². The summed E-state index contributed by atoms with van der Waals surface area (Å²) in [5.41, 5.74) is 2.68. The molecule has 7 nitrogen and oxygen atoms in total. The van der Waals surface area contributed by atoms with Crippen LogP contribution in [-0.4, -0.2) is 53.6 Å². The SMILES string of the molecule is C[C@]12C[C@H](NC(=O)N1c1cccc(C(=O)N3CCN(Cc4ccccc4)CC3)c1)c1ccccc1O2. The summed E-state index contributed by atoms with van der Waals surface area (Å²) in [7, 11) is 0. The minimum Gasteiger partial charge on any atom is -0.467 e. The highest BCUT2D eigenvalue weighted by Crippen LogP contribution is 2.45. The van der Waals surface area contributed by atoms with Crippen LogP contribution in [0, 0.1) is 0 Å². The number of rotatable bonds is 4. The zero-order valence-corrected chi connectivity index (χ0v) is 20.4. The van der Waals surface area contributed by atoms with Crippen molar-refractivity contribution in [3.8, 4) is 5.75 Å². The molecule has 0 radical (unpaired) electrons. The van der Waals surface area contributed by atoms with Crippen LogP contribution in [0.1, 0.15) is 40.9 Å². The van der Waals surface area contributed by atoms with Crippen LogP contribution in [0.5, 0.6) is 5.75 Å². The minimum atomic E-state index is -0.841. The van der Waals surface area contributed by atoms with Crippen LogP contribution in [-0.2, 0) is 6.54 Å². The highest BCUT2D eigenvalue weighted by atomic mass is 16.5. The van der Waals surface area contributed by atoms with Gasteiger partial charge in [-0.25, -0.2) is 4.79 Å². The molecule has 36 heavy (non-hydrogen) atoms. The maximum atomic E-state index is 13.4. The van der Waals surface area contributed by atoms with E-state index in [1.165, 1.54) is 5.56 Å². The molecule has 6 rings (SSSR count). The number of piperazine rings is 1. The number of hydrogen-bond acceptors (Lipinski definition) is 4. The third-order valence-electron chi connectivity index (χ3n) is 7.44. The van der Waals surface area contributed by atoms with Crippen molar-refractivity contribution in [1.82, 2.24) is 15.1 Å². The van der Waals surface area contributed by atoms with Crippen molar-refractivity contribution in [2.45, 2.75) is 31.7 Å². The molecular weight excluding hydrogens is 452 g/mol. The first kappa shape index (κ1) is 22.6. The molecule has 3 aromatic carbocycles. The lowest BCUT2D eigenvalue weighted by Crippen LogP contribution is -2.65. The molecule has 2 bridgehead atoms. The Morgan fingerprint density at radius 3 is 2.53 bits per heavy atom. The zero-order valence-electron chi connectivity index (χ0n) is 20.4. The normalized spacial score (nSPS) is 23.5. The molecule has 1 N–H and O–H groups in total. The summed E-state index contributed by atoms with van der Waals surface area (Å²) in [5, 5.41) is 3.12. The smallest absolute Gasteiger partial charge is 0.325 e. The van der Waals surface area contributed by atoms with Crippen molar-refractivity contribution >= 4 is 17.6 Å². The Bertz CT molecular complexity index is 1290. The van der Waals surface area contributed by atoms with E-state index in [2.05, 4.69) is 34.5 Å². The van der Waals surface area contributed by atoms with Crippen molar-refractivity contribution < 1.29 is 14.3 Å². The molecule has 3 aliphatic rings. The molecular formula is C29H30N4O3. The number of fused-ring (bicyclic) bond motifs is 4. The van der Waals surface area contributed by atoms with Crippen LogP contribution in [0.25, 0.3) is 0 Å². The molecule has 3 aromatic rings. The molecule has 0 unspecified atom stereocenters. The lowest BCUT2D eigenvalue weighted by atomic mass is 9.90. The highest BCUT2D eigenvalue weighted by Gasteiger charge is 2.49. The Morgan fingerprint density at radius 2 is 1.72 bits per heavy atom. The fourth-order valence-electron chi connectivity index (χ4n) is 5.62. The molecule has 7 heteroatoms. The minimum absolute atomic E-state index is 0.00781. The lowest BCUT2D eigenvalue weighted by molar-refractivity contribution is 0.0378. The van der Waals surface area contributed by atoms with Crippen molar-refractivity contribution in [2.24, 2.45) is 0 Å². The maximum Gasteiger partial charge on any atom is 0.325 e. The van der Waals surface area contributed by atoms with Gasteiger partial charge in [-0.15, -0.1) is 0 Å². The summed E-state index contributed by atoms with van der Waals surface area (Å²) in [6.45, 7) is 5.86. The Labute approximate surface area is 211 Å². The van der Waals surface area contributed by atoms with Gasteiger partial charge in [0, 0.05) is 50.3 Å². The molecule has 3 amide bonds.